The molecular formula is C32H34N2O11S. The highest BCUT2D eigenvalue weighted by Crippen LogP contribution is 2.33. The maximum atomic E-state index is 13.8. The van der Waals surface area contributed by atoms with Crippen LogP contribution in [0.25, 0.3) is 11.1 Å². The number of aryl methyl sites for hydroxylation is 1. The number of methoxy groups -OCH3 is 2. The molecule has 46 heavy (non-hydrogen) atoms. The van der Waals surface area contributed by atoms with Gasteiger partial charge in [0.15, 0.2) is 23.7 Å². The van der Waals surface area contributed by atoms with Gasteiger partial charge in [-0.05, 0) is 79.6 Å². The molecule has 0 spiro atoms. The molecule has 2 N–H and O–H groups in total. The van der Waals surface area contributed by atoms with E-state index in [2.05, 4.69) is 4.98 Å². The Morgan fingerprint density at radius 3 is 2.61 bits per heavy atom. The quantitative estimate of drug-likeness (QED) is 0.199. The summed E-state index contributed by atoms with van der Waals surface area (Å²) < 4.78 is 56.0. The molecule has 0 unspecified atom stereocenters. The highest BCUT2D eigenvalue weighted by molar-refractivity contribution is 7.89. The van der Waals surface area contributed by atoms with Crippen LogP contribution < -0.4 is 20.0 Å². The molecule has 2 atom stereocenters. The lowest BCUT2D eigenvalue weighted by Crippen LogP contribution is -2.48. The van der Waals surface area contributed by atoms with E-state index in [4.69, 9.17) is 28.5 Å². The molecule has 1 fully saturated rings. The first-order valence-electron chi connectivity index (χ1n) is 14.6. The summed E-state index contributed by atoms with van der Waals surface area (Å²) in [4.78, 5) is 38.9. The molecule has 3 aromatic carbocycles. The van der Waals surface area contributed by atoms with Gasteiger partial charge in [-0.25, -0.2) is 18.0 Å². The molecule has 1 aliphatic heterocycles. The summed E-state index contributed by atoms with van der Waals surface area (Å²) in [7, 11) is -1.10. The van der Waals surface area contributed by atoms with Crippen molar-refractivity contribution in [1.82, 2.24) is 9.29 Å². The first kappa shape index (κ1) is 32.6. The van der Waals surface area contributed by atoms with Gasteiger partial charge >= 0.3 is 17.7 Å². The predicted molar refractivity (Wildman–Crippen MR) is 165 cm³/mol. The number of carbonyl (C=O) groups is 2. The van der Waals surface area contributed by atoms with Crippen molar-refractivity contribution in [3.63, 3.8) is 0 Å². The maximum absolute atomic E-state index is 13.8. The fraction of sp³-hybridized carbons (Fsp3) is 0.344. The number of hydrogen-bond acceptors (Lipinski definition) is 10. The Morgan fingerprint density at radius 2 is 1.85 bits per heavy atom. The summed E-state index contributed by atoms with van der Waals surface area (Å²) in [5.41, 5.74) is 1.87. The van der Waals surface area contributed by atoms with Crippen LogP contribution in [0.4, 0.5) is 0 Å². The number of carbonyl (C=O) groups excluding carboxylic acids is 1. The number of hydrogen-bond donors (Lipinski definition) is 2. The number of aromatic nitrogens is 1. The van der Waals surface area contributed by atoms with Gasteiger partial charge in [-0.2, -0.15) is 4.31 Å². The minimum absolute atomic E-state index is 0.0856. The molecular weight excluding hydrogens is 620 g/mol. The summed E-state index contributed by atoms with van der Waals surface area (Å²) in [6.45, 7) is -0.446. The first-order chi connectivity index (χ1) is 22.1. The maximum Gasteiger partial charge on any atom is 0.417 e. The third-order valence-electron chi connectivity index (χ3n) is 7.72. The van der Waals surface area contributed by atoms with Crippen LogP contribution in [0.15, 0.2) is 74.8 Å². The van der Waals surface area contributed by atoms with Crippen LogP contribution in [-0.2, 0) is 30.8 Å². The molecule has 0 bridgehead atoms. The zero-order valence-corrected chi connectivity index (χ0v) is 26.1. The Morgan fingerprint density at radius 1 is 1.04 bits per heavy atom. The van der Waals surface area contributed by atoms with Crippen LogP contribution in [-0.4, -0.2) is 68.2 Å². The van der Waals surface area contributed by atoms with Crippen LogP contribution in [0.5, 0.6) is 17.2 Å². The number of piperidine rings is 1. The number of esters is 1. The van der Waals surface area contributed by atoms with Gasteiger partial charge < -0.3 is 28.5 Å². The smallest absolute Gasteiger partial charge is 0.417 e. The van der Waals surface area contributed by atoms with Gasteiger partial charge in [0.05, 0.1) is 24.6 Å². The third-order valence-corrected chi connectivity index (χ3v) is 9.62. The fourth-order valence-corrected chi connectivity index (χ4v) is 7.11. The number of nitrogens with one attached hydrogen (secondary N) is 1. The van der Waals surface area contributed by atoms with Crippen molar-refractivity contribution in [2.45, 2.75) is 49.1 Å². The highest BCUT2D eigenvalue weighted by atomic mass is 32.2. The van der Waals surface area contributed by atoms with Gasteiger partial charge in [0.1, 0.15) is 17.9 Å². The molecule has 1 saturated heterocycles. The molecule has 14 heteroatoms. The molecule has 244 valence electrons. The number of ether oxygens (including phenoxy) is 4. The molecule has 5 rings (SSSR count). The zero-order valence-electron chi connectivity index (χ0n) is 25.3. The molecule has 0 saturated carbocycles. The summed E-state index contributed by atoms with van der Waals surface area (Å²) in [6, 6.07) is 15.0. The van der Waals surface area contributed by atoms with Gasteiger partial charge in [0.25, 0.3) is 0 Å². The zero-order chi connectivity index (χ0) is 32.8. The van der Waals surface area contributed by atoms with Crippen molar-refractivity contribution in [3.8, 4) is 17.2 Å². The van der Waals surface area contributed by atoms with E-state index in [1.165, 1.54) is 32.4 Å². The number of carboxylic acids is 1. The lowest BCUT2D eigenvalue weighted by atomic mass is 10.00. The van der Waals surface area contributed by atoms with Crippen molar-refractivity contribution in [2.75, 3.05) is 27.4 Å². The topological polar surface area (TPSA) is 175 Å². The second-order valence-corrected chi connectivity index (χ2v) is 12.6. The molecule has 0 amide bonds. The number of H-pyrrole nitrogens is 1. The molecule has 0 radical (unpaired) electrons. The van der Waals surface area contributed by atoms with E-state index in [0.29, 0.717) is 48.3 Å². The van der Waals surface area contributed by atoms with E-state index in [0.717, 1.165) is 9.87 Å². The van der Waals surface area contributed by atoms with E-state index in [1.54, 1.807) is 30.3 Å². The minimum atomic E-state index is -4.18. The number of oxazole rings is 1. The normalized spacial score (nSPS) is 16.1. The van der Waals surface area contributed by atoms with Crippen LogP contribution in [0.3, 0.4) is 0 Å². The Kier molecular flexibility index (Phi) is 9.97. The SMILES string of the molecule is COc1ccc(CC[C@@H](OC(=O)[C@@H]2CCCCN2S(=O)(=O)c2ccc3[nH]c(=O)oc3c2)c2cccc(OCC(=O)O)c2)cc1OC. The van der Waals surface area contributed by atoms with Gasteiger partial charge in [-0.1, -0.05) is 18.2 Å². The number of fused-ring (bicyclic) bond motifs is 1. The molecule has 1 aliphatic rings. The molecule has 4 aromatic rings. The summed E-state index contributed by atoms with van der Waals surface area (Å²) in [5.74, 6) is -1.18. The minimum Gasteiger partial charge on any atom is -0.493 e. The van der Waals surface area contributed by atoms with Crippen molar-refractivity contribution in [1.29, 1.82) is 0 Å². The fourth-order valence-electron chi connectivity index (χ4n) is 5.45. The summed E-state index contributed by atoms with van der Waals surface area (Å²) in [6.07, 6.45) is 1.36. The van der Waals surface area contributed by atoms with Gasteiger partial charge in [-0.3, -0.25) is 9.78 Å². The van der Waals surface area contributed by atoms with E-state index in [-0.39, 0.29) is 29.2 Å². The second-order valence-electron chi connectivity index (χ2n) is 10.7. The van der Waals surface area contributed by atoms with E-state index in [1.807, 2.05) is 12.1 Å². The van der Waals surface area contributed by atoms with Crippen molar-refractivity contribution in [3.05, 3.63) is 82.3 Å². The Hall–Kier alpha value is -4.82. The lowest BCUT2D eigenvalue weighted by molar-refractivity contribution is -0.155. The largest absolute Gasteiger partial charge is 0.493 e. The number of rotatable bonds is 13. The molecule has 1 aromatic heterocycles. The summed E-state index contributed by atoms with van der Waals surface area (Å²) >= 11 is 0. The van der Waals surface area contributed by atoms with Crippen LogP contribution >= 0.6 is 0 Å². The van der Waals surface area contributed by atoms with E-state index in [9.17, 15) is 22.8 Å². The molecule has 13 nitrogen and oxygen atoms in total. The van der Waals surface area contributed by atoms with Crippen LogP contribution in [0.1, 0.15) is 42.9 Å². The van der Waals surface area contributed by atoms with Gasteiger partial charge in [0, 0.05) is 12.6 Å². The first-order valence-corrected chi connectivity index (χ1v) is 16.0. The van der Waals surface area contributed by atoms with Crippen LogP contribution in [0.2, 0.25) is 0 Å². The van der Waals surface area contributed by atoms with Crippen molar-refractivity contribution < 1.29 is 46.5 Å². The second kappa shape index (κ2) is 14.1. The average Bonchev–Trinajstić information content (AvgIpc) is 3.44. The molecule has 0 aliphatic carbocycles. The van der Waals surface area contributed by atoms with Crippen molar-refractivity contribution >= 4 is 33.1 Å². The molecule has 2 heterocycles. The Bertz CT molecular complexity index is 1880. The standard InChI is InChI=1S/C32H34N2O11S/c1-41-27-14-10-20(16-29(27)42-2)9-13-26(21-6-5-7-22(17-21)43-19-30(35)36)44-31(37)25-8-3-4-15-34(25)46(39,40)23-11-12-24-28(18-23)45-32(38)33-24/h5-7,10-12,14,16-18,25-26H,3-4,8-9,13,15,19H2,1-2H3,(H,33,38)(H,35,36)/t25-,26+/m0/s1. The monoisotopic (exact) mass is 654 g/mol. The average molecular weight is 655 g/mol. The number of aliphatic carboxylic acids is 1. The van der Waals surface area contributed by atoms with Gasteiger partial charge in [-0.15, -0.1) is 0 Å². The van der Waals surface area contributed by atoms with Crippen molar-refractivity contribution in [2.24, 2.45) is 0 Å². The Balaban J connectivity index is 1.41. The number of carboxylic acid groups (broad SMARTS) is 1. The van der Waals surface area contributed by atoms with E-state index >= 15 is 0 Å². The Labute approximate surface area is 264 Å². The predicted octanol–water partition coefficient (Wildman–Crippen LogP) is 4.06. The van der Waals surface area contributed by atoms with Crippen LogP contribution in [0, 0.1) is 0 Å². The van der Waals surface area contributed by atoms with E-state index < -0.39 is 46.5 Å². The summed E-state index contributed by atoms with van der Waals surface area (Å²) in [5, 5.41) is 9.05. The highest BCUT2D eigenvalue weighted by Gasteiger charge is 2.39. The third kappa shape index (κ3) is 7.35. The number of aromatic amines is 1. The van der Waals surface area contributed by atoms with Gasteiger partial charge in [0.2, 0.25) is 10.0 Å². The number of nitrogens with zero attached hydrogens (tertiary/aromatic N) is 1. The number of sulfonamides is 1. The number of benzene rings is 3. The lowest BCUT2D eigenvalue weighted by Gasteiger charge is -2.34.